The van der Waals surface area contributed by atoms with Crippen molar-refractivity contribution in [2.45, 2.75) is 19.8 Å². The van der Waals surface area contributed by atoms with E-state index in [-0.39, 0.29) is 18.6 Å². The largest absolute Gasteiger partial charge is 0.655 e. The van der Waals surface area contributed by atoms with E-state index >= 15 is 0 Å². The second-order valence-corrected chi connectivity index (χ2v) is 3.16. The van der Waals surface area contributed by atoms with Gasteiger partial charge < -0.3 is 17.1 Å². The molecule has 0 spiro atoms. The van der Waals surface area contributed by atoms with Crippen LogP contribution in [0, 0.1) is 5.92 Å². The van der Waals surface area contributed by atoms with Gasteiger partial charge in [-0.25, -0.2) is 0 Å². The first-order valence-electron chi connectivity index (χ1n) is 3.55. The zero-order valence-electron chi connectivity index (χ0n) is 6.57. The Morgan fingerprint density at radius 3 is 2.17 bits per heavy atom. The first-order valence-corrected chi connectivity index (χ1v) is 3.92. The van der Waals surface area contributed by atoms with Crippen molar-refractivity contribution in [2.75, 3.05) is 0 Å². The highest BCUT2D eigenvalue weighted by Crippen LogP contribution is 2.19. The van der Waals surface area contributed by atoms with Crippen LogP contribution in [0.5, 0.6) is 0 Å². The van der Waals surface area contributed by atoms with E-state index in [0.29, 0.717) is 4.31 Å². The van der Waals surface area contributed by atoms with Crippen LogP contribution in [0.25, 0.3) is 0 Å². The van der Waals surface area contributed by atoms with Crippen molar-refractivity contribution in [3.05, 3.63) is 0 Å². The predicted molar refractivity (Wildman–Crippen MR) is 42.6 cm³/mol. The number of hydrogen-bond acceptors (Lipinski definition) is 4. The normalized spacial score (nSPS) is 20.0. The van der Waals surface area contributed by atoms with Crippen molar-refractivity contribution in [3.8, 4) is 0 Å². The molecule has 1 rings (SSSR count). The average Bonchev–Trinajstić information content (AvgIpc) is 1.99. The number of hydrogen-bond donors (Lipinski definition) is 0. The average molecular weight is 186 g/mol. The zero-order valence-corrected chi connectivity index (χ0v) is 7.39. The molecule has 4 nitrogen and oxygen atoms in total. The van der Waals surface area contributed by atoms with Gasteiger partial charge in [0.25, 0.3) is 0 Å². The number of rotatable bonds is 1. The highest BCUT2D eigenvalue weighted by atomic mass is 32.1. The maximum Gasteiger partial charge on any atom is 0.207 e. The molecule has 1 aliphatic rings. The number of carbonyl (C=O) groups is 3. The third-order valence-electron chi connectivity index (χ3n) is 1.87. The second-order valence-electron chi connectivity index (χ2n) is 2.80. The summed E-state index contributed by atoms with van der Waals surface area (Å²) in [6.45, 7) is 1.38. The molecule has 0 N–H and O–H groups in total. The summed E-state index contributed by atoms with van der Waals surface area (Å²) in [5.41, 5.74) is 0. The summed E-state index contributed by atoms with van der Waals surface area (Å²) in [5.74, 6) is -1.47. The van der Waals surface area contributed by atoms with Crippen molar-refractivity contribution in [2.24, 2.45) is 5.92 Å². The number of piperidine rings is 1. The summed E-state index contributed by atoms with van der Waals surface area (Å²) in [4.78, 5) is 32.8. The number of imide groups is 1. The van der Waals surface area contributed by atoms with Crippen LogP contribution < -0.4 is 0 Å². The number of Topliss-reactive ketones (excluding diaryl/α,β-unsaturated/α-hetero) is 1. The molecule has 0 aliphatic carbocycles. The number of carbonyl (C=O) groups excluding carboxylic acids is 3. The van der Waals surface area contributed by atoms with Crippen LogP contribution >= 0.6 is 0 Å². The highest BCUT2D eigenvalue weighted by Gasteiger charge is 2.28. The molecule has 12 heavy (non-hydrogen) atoms. The van der Waals surface area contributed by atoms with Crippen LogP contribution in [-0.4, -0.2) is 21.9 Å². The van der Waals surface area contributed by atoms with E-state index < -0.39 is 17.7 Å². The third-order valence-corrected chi connectivity index (χ3v) is 2.28. The van der Waals surface area contributed by atoms with Crippen molar-refractivity contribution in [1.29, 1.82) is 0 Å². The molecule has 2 amide bonds. The molecule has 66 valence electrons. The Morgan fingerprint density at radius 2 is 1.83 bits per heavy atom. The van der Waals surface area contributed by atoms with Gasteiger partial charge >= 0.3 is 0 Å². The van der Waals surface area contributed by atoms with Gasteiger partial charge in [-0.05, 0) is 6.92 Å². The van der Waals surface area contributed by atoms with E-state index in [1.54, 1.807) is 0 Å². The molecule has 0 aromatic carbocycles. The fourth-order valence-electron chi connectivity index (χ4n) is 1.09. The third kappa shape index (κ3) is 1.66. The van der Waals surface area contributed by atoms with E-state index in [4.69, 9.17) is 0 Å². The molecular weight excluding hydrogens is 178 g/mol. The Kier molecular flexibility index (Phi) is 2.52. The number of nitrogens with zero attached hydrogens (tertiary/aromatic N) is 1. The SMILES string of the molecule is CC(=O)C1CC(=O)N([S-])C(=O)C1. The smallest absolute Gasteiger partial charge is 0.207 e. The lowest BCUT2D eigenvalue weighted by Crippen LogP contribution is -2.41. The lowest BCUT2D eigenvalue weighted by molar-refractivity contribution is -0.145. The zero-order chi connectivity index (χ0) is 9.30. The molecule has 1 fully saturated rings. The Labute approximate surface area is 75.5 Å². The van der Waals surface area contributed by atoms with Gasteiger partial charge in [-0.2, -0.15) is 0 Å². The van der Waals surface area contributed by atoms with Gasteiger partial charge in [-0.1, -0.05) is 0 Å². The molecule has 1 aliphatic heterocycles. The molecule has 0 saturated carbocycles. The molecular formula is C7H8NO3S-. The lowest BCUT2D eigenvalue weighted by atomic mass is 9.93. The van der Waals surface area contributed by atoms with Gasteiger partial charge in [0.05, 0.1) is 0 Å². The minimum atomic E-state index is -0.454. The molecule has 5 heteroatoms. The predicted octanol–water partition coefficient (Wildman–Crippen LogP) is -0.198. The van der Waals surface area contributed by atoms with Gasteiger partial charge in [0.1, 0.15) is 5.78 Å². The standard InChI is InChI=1S/C7H8NO3S/c1-4(9)5-2-6(10)8(12)7(11)3-5/h5H,2-3H2,1H3/q-1. The quantitative estimate of drug-likeness (QED) is 0.420. The van der Waals surface area contributed by atoms with Crippen molar-refractivity contribution < 1.29 is 14.4 Å². The Hall–Kier alpha value is -0.840. The lowest BCUT2D eigenvalue weighted by Gasteiger charge is -2.34. The molecule has 0 radical (unpaired) electrons. The fourth-order valence-corrected chi connectivity index (χ4v) is 1.24. The van der Waals surface area contributed by atoms with E-state index in [0.717, 1.165) is 0 Å². The Bertz CT molecular complexity index is 233. The maximum atomic E-state index is 11.0. The van der Waals surface area contributed by atoms with Crippen LogP contribution in [0.2, 0.25) is 0 Å². The first-order chi connectivity index (χ1) is 5.52. The van der Waals surface area contributed by atoms with Gasteiger partial charge in [-0.15, -0.1) is 0 Å². The summed E-state index contributed by atoms with van der Waals surface area (Å²) in [7, 11) is 0. The molecule has 1 saturated heterocycles. The summed E-state index contributed by atoms with van der Waals surface area (Å²) in [6, 6.07) is 0. The summed E-state index contributed by atoms with van der Waals surface area (Å²) >= 11 is 4.50. The Balaban J connectivity index is 2.72. The van der Waals surface area contributed by atoms with E-state index in [2.05, 4.69) is 12.8 Å². The van der Waals surface area contributed by atoms with Crippen molar-refractivity contribution in [1.82, 2.24) is 4.31 Å². The van der Waals surface area contributed by atoms with E-state index in [1.807, 2.05) is 0 Å². The molecule has 0 unspecified atom stereocenters. The van der Waals surface area contributed by atoms with Gasteiger partial charge in [-0.3, -0.25) is 14.4 Å². The summed E-state index contributed by atoms with van der Waals surface area (Å²) < 4.78 is 0.666. The fraction of sp³-hybridized carbons (Fsp3) is 0.571. The van der Waals surface area contributed by atoms with Crippen LogP contribution in [0.1, 0.15) is 19.8 Å². The summed E-state index contributed by atoms with van der Waals surface area (Å²) in [5, 5.41) is 0. The van der Waals surface area contributed by atoms with Gasteiger partial charge in [0, 0.05) is 18.8 Å². The number of amides is 2. The van der Waals surface area contributed by atoms with Gasteiger partial charge in [0.2, 0.25) is 11.8 Å². The van der Waals surface area contributed by atoms with Crippen molar-refractivity contribution in [3.63, 3.8) is 0 Å². The summed E-state index contributed by atoms with van der Waals surface area (Å²) in [6.07, 6.45) is 0.148. The van der Waals surface area contributed by atoms with E-state index in [1.165, 1.54) is 6.92 Å². The molecule has 1 heterocycles. The Morgan fingerprint density at radius 1 is 1.42 bits per heavy atom. The minimum absolute atomic E-state index is 0.0740. The molecule has 0 bridgehead atoms. The van der Waals surface area contributed by atoms with Crippen molar-refractivity contribution >= 4 is 30.4 Å². The molecule has 0 aromatic rings. The molecule has 0 atom stereocenters. The monoisotopic (exact) mass is 186 g/mol. The van der Waals surface area contributed by atoms with E-state index in [9.17, 15) is 14.4 Å². The van der Waals surface area contributed by atoms with Crippen LogP contribution in [0.4, 0.5) is 0 Å². The maximum absolute atomic E-state index is 11.0. The van der Waals surface area contributed by atoms with Crippen LogP contribution in [0.15, 0.2) is 0 Å². The molecule has 0 aromatic heterocycles. The number of ketones is 1. The van der Waals surface area contributed by atoms with Crippen LogP contribution in [0.3, 0.4) is 0 Å². The second kappa shape index (κ2) is 3.26. The first kappa shape index (κ1) is 9.25. The van der Waals surface area contributed by atoms with Gasteiger partial charge in [0.15, 0.2) is 0 Å². The minimum Gasteiger partial charge on any atom is -0.655 e. The topological polar surface area (TPSA) is 54.5 Å². The van der Waals surface area contributed by atoms with Crippen LogP contribution in [-0.2, 0) is 27.2 Å². The highest BCUT2D eigenvalue weighted by molar-refractivity contribution is 7.57.